The van der Waals surface area contributed by atoms with Gasteiger partial charge < -0.3 is 4.74 Å². The number of likely N-dealkylation sites (tertiary alicyclic amines) is 1. The molecule has 0 atom stereocenters. The molecule has 7 nitrogen and oxygen atoms in total. The Kier molecular flexibility index (Phi) is 6.15. The molecule has 0 saturated carbocycles. The molecule has 30 heavy (non-hydrogen) atoms. The van der Waals surface area contributed by atoms with E-state index in [-0.39, 0.29) is 17.7 Å². The van der Waals surface area contributed by atoms with Crippen LogP contribution in [-0.2, 0) is 20.7 Å². The second kappa shape index (κ2) is 8.97. The molecular weight excluding hydrogens is 400 g/mol. The number of carbonyl (C=O) groups is 2. The van der Waals surface area contributed by atoms with Crippen molar-refractivity contribution in [2.45, 2.75) is 26.2 Å². The Balaban J connectivity index is 1.42. The summed E-state index contributed by atoms with van der Waals surface area (Å²) >= 11 is 1.56. The first kappa shape index (κ1) is 20.6. The Morgan fingerprint density at radius 1 is 1.17 bits per heavy atom. The zero-order valence-corrected chi connectivity index (χ0v) is 17.9. The lowest BCUT2D eigenvalue weighted by atomic mass is 9.90. The van der Waals surface area contributed by atoms with E-state index in [1.807, 2.05) is 36.2 Å². The Hall–Kier alpha value is -2.71. The average Bonchev–Trinajstić information content (AvgIpc) is 3.20. The van der Waals surface area contributed by atoms with Crippen molar-refractivity contribution < 1.29 is 14.3 Å². The molecule has 3 aromatic rings. The van der Waals surface area contributed by atoms with Gasteiger partial charge in [0.05, 0.1) is 13.7 Å². The fraction of sp³-hybridized carbons (Fsp3) is 0.409. The van der Waals surface area contributed by atoms with E-state index >= 15 is 0 Å². The zero-order chi connectivity index (χ0) is 21.1. The second-order valence-electron chi connectivity index (χ2n) is 7.63. The molecule has 3 heterocycles. The van der Waals surface area contributed by atoms with Gasteiger partial charge in [-0.05, 0) is 50.4 Å². The first-order chi connectivity index (χ1) is 14.5. The molecule has 0 unspecified atom stereocenters. The number of methoxy groups -OCH3 is 1. The van der Waals surface area contributed by atoms with E-state index in [0.29, 0.717) is 13.0 Å². The quantitative estimate of drug-likeness (QED) is 0.562. The minimum atomic E-state index is -0.233. The van der Waals surface area contributed by atoms with Crippen LogP contribution in [0.4, 0.5) is 0 Å². The Morgan fingerprint density at radius 3 is 2.67 bits per heavy atom. The molecule has 0 bridgehead atoms. The van der Waals surface area contributed by atoms with Crippen LogP contribution >= 0.6 is 11.3 Å². The Morgan fingerprint density at radius 2 is 1.97 bits per heavy atom. The van der Waals surface area contributed by atoms with Gasteiger partial charge >= 0.3 is 5.97 Å². The number of nitrogens with zero attached hydrogens (tertiary/aromatic N) is 4. The monoisotopic (exact) mass is 424 g/mol. The second-order valence-corrected chi connectivity index (χ2v) is 8.82. The minimum Gasteiger partial charge on any atom is -0.468 e. The summed E-state index contributed by atoms with van der Waals surface area (Å²) in [5.41, 5.74) is 1.81. The molecule has 0 spiro atoms. The number of aromatic nitrogens is 3. The summed E-state index contributed by atoms with van der Waals surface area (Å²) in [5, 5.41) is 12.2. The van der Waals surface area contributed by atoms with Crippen LogP contribution in [0.5, 0.6) is 0 Å². The van der Waals surface area contributed by atoms with Gasteiger partial charge in [-0.25, -0.2) is 0 Å². The molecule has 1 aromatic carbocycles. The van der Waals surface area contributed by atoms with Crippen molar-refractivity contribution in [3.05, 3.63) is 41.2 Å². The highest BCUT2D eigenvalue weighted by Crippen LogP contribution is 2.27. The van der Waals surface area contributed by atoms with E-state index < -0.39 is 0 Å². The van der Waals surface area contributed by atoms with Gasteiger partial charge in [0.25, 0.3) is 0 Å². The number of Topliss-reactive ketones (excluding diaryl/α,β-unsaturated/α-hetero) is 1. The highest BCUT2D eigenvalue weighted by Gasteiger charge is 2.26. The maximum absolute atomic E-state index is 12.8. The Labute approximate surface area is 179 Å². The number of carbonyl (C=O) groups excluding carboxylic acids is 2. The molecule has 4 rings (SSSR count). The number of aryl methyl sites for hydroxylation is 1. The molecule has 2 aromatic heterocycles. The average molecular weight is 425 g/mol. The highest BCUT2D eigenvalue weighted by atomic mass is 32.1. The fourth-order valence-electron chi connectivity index (χ4n) is 3.81. The summed E-state index contributed by atoms with van der Waals surface area (Å²) in [5.74, 6) is 0.00534. The molecule has 1 fully saturated rings. The van der Waals surface area contributed by atoms with Crippen molar-refractivity contribution in [2.24, 2.45) is 5.92 Å². The summed E-state index contributed by atoms with van der Waals surface area (Å²) < 4.78 is 4.72. The topological polar surface area (TPSA) is 85.3 Å². The van der Waals surface area contributed by atoms with Crippen LogP contribution in [0.15, 0.2) is 30.5 Å². The molecule has 0 radical (unpaired) electrons. The largest absolute Gasteiger partial charge is 0.468 e. The summed E-state index contributed by atoms with van der Waals surface area (Å²) in [6.07, 6.45) is 3.69. The standard InChI is InChI=1S/C22H24N4O3S/c1-14-24-25-22(30-14)16-3-4-17-12-23-19(10-18(17)9-16)11-20(27)15-5-7-26(8-6-15)13-21(28)29-2/h3-4,9-10,12,15H,5-8,11,13H2,1-2H3. The minimum absolute atomic E-state index is 0.0205. The van der Waals surface area contributed by atoms with Crippen LogP contribution in [0.2, 0.25) is 0 Å². The molecule has 8 heteroatoms. The molecular formula is C22H24N4O3S. The molecule has 156 valence electrons. The molecule has 1 aliphatic rings. The van der Waals surface area contributed by atoms with Gasteiger partial charge in [0, 0.05) is 35.2 Å². The van der Waals surface area contributed by atoms with Crippen LogP contribution in [0.25, 0.3) is 21.3 Å². The first-order valence-corrected chi connectivity index (χ1v) is 10.8. The fourth-order valence-corrected chi connectivity index (χ4v) is 4.50. The summed E-state index contributed by atoms with van der Waals surface area (Å²) in [7, 11) is 1.40. The van der Waals surface area contributed by atoms with Gasteiger partial charge in [-0.15, -0.1) is 10.2 Å². The number of hydrogen-bond acceptors (Lipinski definition) is 8. The molecule has 0 N–H and O–H groups in total. The van der Waals surface area contributed by atoms with Crippen molar-refractivity contribution >= 4 is 33.9 Å². The smallest absolute Gasteiger partial charge is 0.319 e. The number of fused-ring (bicyclic) bond motifs is 1. The molecule has 1 saturated heterocycles. The normalized spacial score (nSPS) is 15.4. The SMILES string of the molecule is COC(=O)CN1CCC(C(=O)Cc2cc3cc(-c4nnc(C)s4)ccc3cn2)CC1. The molecule has 0 aliphatic carbocycles. The van der Waals surface area contributed by atoms with Gasteiger partial charge in [0.2, 0.25) is 0 Å². The van der Waals surface area contributed by atoms with E-state index in [9.17, 15) is 9.59 Å². The van der Waals surface area contributed by atoms with Gasteiger partial charge in [-0.1, -0.05) is 23.5 Å². The lowest BCUT2D eigenvalue weighted by Gasteiger charge is -2.30. The third-order valence-corrected chi connectivity index (χ3v) is 6.42. The maximum Gasteiger partial charge on any atom is 0.319 e. The number of ketones is 1. The number of piperidine rings is 1. The van der Waals surface area contributed by atoms with Crippen molar-refractivity contribution in [2.75, 3.05) is 26.7 Å². The maximum atomic E-state index is 12.8. The molecule has 1 aliphatic heterocycles. The van der Waals surface area contributed by atoms with Gasteiger partial charge in [-0.3, -0.25) is 19.5 Å². The lowest BCUT2D eigenvalue weighted by Crippen LogP contribution is -2.39. The lowest BCUT2D eigenvalue weighted by molar-refractivity contribution is -0.142. The van der Waals surface area contributed by atoms with Crippen molar-refractivity contribution in [1.29, 1.82) is 0 Å². The zero-order valence-electron chi connectivity index (χ0n) is 17.1. The van der Waals surface area contributed by atoms with E-state index in [0.717, 1.165) is 58.0 Å². The first-order valence-electron chi connectivity index (χ1n) is 10.0. The van der Waals surface area contributed by atoms with Gasteiger partial charge in [0.15, 0.2) is 0 Å². The third kappa shape index (κ3) is 4.71. The van der Waals surface area contributed by atoms with Crippen molar-refractivity contribution in [1.82, 2.24) is 20.1 Å². The summed E-state index contributed by atoms with van der Waals surface area (Å²) in [4.78, 5) is 30.8. The summed E-state index contributed by atoms with van der Waals surface area (Å²) in [6, 6.07) is 8.13. The number of benzene rings is 1. The highest BCUT2D eigenvalue weighted by molar-refractivity contribution is 7.14. The summed E-state index contributed by atoms with van der Waals surface area (Å²) in [6.45, 7) is 3.71. The third-order valence-electron chi connectivity index (χ3n) is 5.53. The molecule has 0 amide bonds. The number of hydrogen-bond donors (Lipinski definition) is 0. The number of esters is 1. The van der Waals surface area contributed by atoms with Crippen LogP contribution in [0.1, 0.15) is 23.5 Å². The number of pyridine rings is 1. The predicted molar refractivity (Wildman–Crippen MR) is 115 cm³/mol. The van der Waals surface area contributed by atoms with Crippen LogP contribution in [0.3, 0.4) is 0 Å². The van der Waals surface area contributed by atoms with Crippen molar-refractivity contribution in [3.63, 3.8) is 0 Å². The number of rotatable bonds is 6. The Bertz CT molecular complexity index is 1070. The van der Waals surface area contributed by atoms with Gasteiger partial charge in [0.1, 0.15) is 15.8 Å². The van der Waals surface area contributed by atoms with E-state index in [4.69, 9.17) is 4.74 Å². The van der Waals surface area contributed by atoms with Crippen LogP contribution in [0, 0.1) is 12.8 Å². The van der Waals surface area contributed by atoms with E-state index in [1.165, 1.54) is 7.11 Å². The van der Waals surface area contributed by atoms with Crippen LogP contribution in [-0.4, -0.2) is 58.6 Å². The van der Waals surface area contributed by atoms with Crippen LogP contribution < -0.4 is 0 Å². The predicted octanol–water partition coefficient (Wildman–Crippen LogP) is 3.06. The van der Waals surface area contributed by atoms with E-state index in [1.54, 1.807) is 11.3 Å². The van der Waals surface area contributed by atoms with Gasteiger partial charge in [-0.2, -0.15) is 0 Å². The van der Waals surface area contributed by atoms with Crippen molar-refractivity contribution in [3.8, 4) is 10.6 Å². The van der Waals surface area contributed by atoms with E-state index in [2.05, 4.69) is 21.2 Å². The number of ether oxygens (including phenoxy) is 1.